The van der Waals surface area contributed by atoms with E-state index in [0.717, 1.165) is 0 Å². The monoisotopic (exact) mass is 315 g/mol. The van der Waals surface area contributed by atoms with Crippen molar-refractivity contribution < 1.29 is 14.3 Å². The molecule has 1 aromatic carbocycles. The summed E-state index contributed by atoms with van der Waals surface area (Å²) in [4.78, 5) is 11.5. The minimum atomic E-state index is -0.852. The molecule has 2 unspecified atom stereocenters. The molecule has 0 aliphatic carbocycles. The molecule has 0 spiro atoms. The number of carboxylic acids is 1. The topological polar surface area (TPSA) is 49.3 Å². The van der Waals surface area contributed by atoms with Gasteiger partial charge in [-0.2, -0.15) is 0 Å². The van der Waals surface area contributed by atoms with E-state index in [0.29, 0.717) is 22.3 Å². The number of fused-ring (bicyclic) bond motifs is 1. The van der Waals surface area contributed by atoms with Crippen LogP contribution in [0.2, 0.25) is 0 Å². The average molecular weight is 316 g/mol. The first-order chi connectivity index (χ1) is 8.41. The van der Waals surface area contributed by atoms with Crippen LogP contribution in [0.15, 0.2) is 16.6 Å². The van der Waals surface area contributed by atoms with Gasteiger partial charge in [-0.05, 0) is 45.5 Å². The molecule has 2 rings (SSSR count). The van der Waals surface area contributed by atoms with Gasteiger partial charge >= 0.3 is 5.97 Å². The van der Waals surface area contributed by atoms with Crippen LogP contribution in [0.4, 0.5) is 10.1 Å². The first-order valence-corrected chi connectivity index (χ1v) is 6.66. The van der Waals surface area contributed by atoms with Crippen LogP contribution in [-0.2, 0) is 4.79 Å². The molecule has 1 aromatic rings. The molecular weight excluding hydrogens is 301 g/mol. The zero-order valence-electron chi connectivity index (χ0n) is 10.2. The fourth-order valence-electron chi connectivity index (χ4n) is 2.49. The first kappa shape index (κ1) is 13.3. The van der Waals surface area contributed by atoms with E-state index in [1.807, 2.05) is 13.8 Å². The van der Waals surface area contributed by atoms with Gasteiger partial charge in [-0.25, -0.2) is 4.39 Å². The Hall–Kier alpha value is -1.10. The van der Waals surface area contributed by atoms with E-state index in [-0.39, 0.29) is 17.7 Å². The summed E-state index contributed by atoms with van der Waals surface area (Å²) in [6, 6.07) is 2.93. The molecule has 0 saturated carbocycles. The van der Waals surface area contributed by atoms with Crippen LogP contribution < -0.4 is 5.32 Å². The molecule has 0 fully saturated rings. The van der Waals surface area contributed by atoms with Gasteiger partial charge in [-0.15, -0.1) is 0 Å². The summed E-state index contributed by atoms with van der Waals surface area (Å²) in [6.07, 6.45) is 0. The zero-order valence-corrected chi connectivity index (χ0v) is 11.8. The van der Waals surface area contributed by atoms with E-state index in [1.54, 1.807) is 6.07 Å². The molecule has 2 atom stereocenters. The molecule has 0 aromatic heterocycles. The van der Waals surface area contributed by atoms with Crippen molar-refractivity contribution in [3.8, 4) is 0 Å². The minimum Gasteiger partial charge on any atom is -0.481 e. The summed E-state index contributed by atoms with van der Waals surface area (Å²) in [5.74, 6) is -1.57. The Morgan fingerprint density at radius 1 is 1.56 bits per heavy atom. The summed E-state index contributed by atoms with van der Waals surface area (Å²) < 4.78 is 13.8. The van der Waals surface area contributed by atoms with Gasteiger partial charge in [0, 0.05) is 12.2 Å². The standard InChI is InChI=1S/C13H15BrFNO2/c1-6(2)8-5-16-11-4-10(15)9(14)3-7(11)12(8)13(17)18/h3-4,6,8,12,16H,5H2,1-2H3,(H,17,18). The van der Waals surface area contributed by atoms with Crippen molar-refractivity contribution in [2.45, 2.75) is 19.8 Å². The van der Waals surface area contributed by atoms with E-state index in [4.69, 9.17) is 0 Å². The van der Waals surface area contributed by atoms with Gasteiger partial charge in [0.1, 0.15) is 5.82 Å². The van der Waals surface area contributed by atoms with Crippen molar-refractivity contribution in [1.82, 2.24) is 0 Å². The van der Waals surface area contributed by atoms with Gasteiger partial charge in [-0.1, -0.05) is 13.8 Å². The quantitative estimate of drug-likeness (QED) is 0.878. The van der Waals surface area contributed by atoms with E-state index < -0.39 is 11.9 Å². The summed E-state index contributed by atoms with van der Waals surface area (Å²) in [5.41, 5.74) is 1.24. The van der Waals surface area contributed by atoms with Crippen LogP contribution in [0, 0.1) is 17.7 Å². The highest BCUT2D eigenvalue weighted by atomic mass is 79.9. The number of hydrogen-bond donors (Lipinski definition) is 2. The van der Waals surface area contributed by atoms with Gasteiger partial charge in [0.2, 0.25) is 0 Å². The third-order valence-corrected chi connectivity index (χ3v) is 4.11. The van der Waals surface area contributed by atoms with Gasteiger partial charge in [0.05, 0.1) is 10.4 Å². The van der Waals surface area contributed by atoms with E-state index >= 15 is 0 Å². The molecule has 5 heteroatoms. The normalized spacial score (nSPS) is 22.5. The number of anilines is 1. The van der Waals surface area contributed by atoms with E-state index in [2.05, 4.69) is 21.2 Å². The van der Waals surface area contributed by atoms with Crippen LogP contribution in [0.1, 0.15) is 25.3 Å². The number of carbonyl (C=O) groups is 1. The highest BCUT2D eigenvalue weighted by Crippen LogP contribution is 2.40. The fourth-order valence-corrected chi connectivity index (χ4v) is 2.85. The van der Waals surface area contributed by atoms with Crippen LogP contribution in [-0.4, -0.2) is 17.6 Å². The molecule has 98 valence electrons. The maximum atomic E-state index is 13.5. The fraction of sp³-hybridized carbons (Fsp3) is 0.462. The van der Waals surface area contributed by atoms with Crippen LogP contribution in [0.3, 0.4) is 0 Å². The van der Waals surface area contributed by atoms with Gasteiger partial charge in [0.15, 0.2) is 0 Å². The maximum Gasteiger partial charge on any atom is 0.311 e. The third kappa shape index (κ3) is 2.23. The summed E-state index contributed by atoms with van der Waals surface area (Å²) >= 11 is 3.11. The molecule has 0 amide bonds. The molecule has 1 heterocycles. The maximum absolute atomic E-state index is 13.5. The average Bonchev–Trinajstić information content (AvgIpc) is 2.28. The Balaban J connectivity index is 2.52. The molecule has 0 radical (unpaired) electrons. The van der Waals surface area contributed by atoms with E-state index in [9.17, 15) is 14.3 Å². The van der Waals surface area contributed by atoms with Crippen LogP contribution >= 0.6 is 15.9 Å². The van der Waals surface area contributed by atoms with Gasteiger partial charge < -0.3 is 10.4 Å². The van der Waals surface area contributed by atoms with Crippen molar-refractivity contribution in [1.29, 1.82) is 0 Å². The molecule has 1 aliphatic rings. The number of benzene rings is 1. The molecular formula is C13H15BrFNO2. The highest BCUT2D eigenvalue weighted by Gasteiger charge is 2.37. The molecule has 1 aliphatic heterocycles. The second-order valence-electron chi connectivity index (χ2n) is 4.96. The number of nitrogens with one attached hydrogen (secondary N) is 1. The molecule has 18 heavy (non-hydrogen) atoms. The predicted octanol–water partition coefficient (Wildman–Crippen LogP) is 3.45. The predicted molar refractivity (Wildman–Crippen MR) is 71.3 cm³/mol. The molecule has 2 N–H and O–H groups in total. The van der Waals surface area contributed by atoms with Crippen LogP contribution in [0.25, 0.3) is 0 Å². The van der Waals surface area contributed by atoms with Crippen molar-refractivity contribution in [2.75, 3.05) is 11.9 Å². The van der Waals surface area contributed by atoms with Crippen molar-refractivity contribution in [3.63, 3.8) is 0 Å². The zero-order chi connectivity index (χ0) is 13.4. The lowest BCUT2D eigenvalue weighted by Crippen LogP contribution is -2.35. The Morgan fingerprint density at radius 3 is 2.78 bits per heavy atom. The minimum absolute atomic E-state index is 0.00682. The molecule has 3 nitrogen and oxygen atoms in total. The Bertz CT molecular complexity index is 490. The highest BCUT2D eigenvalue weighted by molar-refractivity contribution is 9.10. The SMILES string of the molecule is CC(C)C1CNc2cc(F)c(Br)cc2C1C(=O)O. The second-order valence-corrected chi connectivity index (χ2v) is 5.81. The summed E-state index contributed by atoms with van der Waals surface area (Å²) in [5, 5.41) is 12.6. The summed E-state index contributed by atoms with van der Waals surface area (Å²) in [7, 11) is 0. The number of rotatable bonds is 2. The van der Waals surface area contributed by atoms with Crippen molar-refractivity contribution in [2.24, 2.45) is 11.8 Å². The lowest BCUT2D eigenvalue weighted by molar-refractivity contribution is -0.140. The number of hydrogen-bond acceptors (Lipinski definition) is 2. The van der Waals surface area contributed by atoms with Crippen molar-refractivity contribution >= 4 is 27.6 Å². The second kappa shape index (κ2) is 4.88. The summed E-state index contributed by atoms with van der Waals surface area (Å²) in [6.45, 7) is 4.57. The largest absolute Gasteiger partial charge is 0.481 e. The number of halogens is 2. The molecule has 0 bridgehead atoms. The Labute approximate surface area is 114 Å². The van der Waals surface area contributed by atoms with Crippen LogP contribution in [0.5, 0.6) is 0 Å². The lowest BCUT2D eigenvalue weighted by atomic mass is 9.76. The Morgan fingerprint density at radius 2 is 2.22 bits per heavy atom. The number of carboxylic acid groups (broad SMARTS) is 1. The van der Waals surface area contributed by atoms with Gasteiger partial charge in [0.25, 0.3) is 0 Å². The van der Waals surface area contributed by atoms with Crippen molar-refractivity contribution in [3.05, 3.63) is 28.0 Å². The Kier molecular flexibility index (Phi) is 3.61. The molecule has 0 saturated heterocycles. The lowest BCUT2D eigenvalue weighted by Gasteiger charge is -2.34. The third-order valence-electron chi connectivity index (χ3n) is 3.51. The smallest absolute Gasteiger partial charge is 0.311 e. The van der Waals surface area contributed by atoms with Gasteiger partial charge in [-0.3, -0.25) is 4.79 Å². The number of aliphatic carboxylic acids is 1. The van der Waals surface area contributed by atoms with E-state index in [1.165, 1.54) is 6.07 Å². The first-order valence-electron chi connectivity index (χ1n) is 5.87.